The van der Waals surface area contributed by atoms with Gasteiger partial charge in [-0.3, -0.25) is 9.59 Å². The summed E-state index contributed by atoms with van der Waals surface area (Å²) >= 11 is 0. The average molecular weight is 471 g/mol. The first-order valence-corrected chi connectivity index (χ1v) is 9.30. The summed E-state index contributed by atoms with van der Waals surface area (Å²) in [6.07, 6.45) is -11.5. The fourth-order valence-electron chi connectivity index (χ4n) is 2.60. The number of ether oxygens (including phenoxy) is 2. The average Bonchev–Trinajstić information content (AvgIpc) is 2.61. The molecule has 0 aromatic heterocycles. The summed E-state index contributed by atoms with van der Waals surface area (Å²) in [5.74, 6) is -2.65. The zero-order valence-corrected chi connectivity index (χ0v) is 17.7. The third kappa shape index (κ3) is 9.15. The maximum atomic E-state index is 13.0. The highest BCUT2D eigenvalue weighted by Gasteiger charge is 2.37. The molecule has 0 spiro atoms. The number of nitrogens with one attached hydrogen (secondary N) is 1. The van der Waals surface area contributed by atoms with Crippen LogP contribution in [0.2, 0.25) is 0 Å². The lowest BCUT2D eigenvalue weighted by Gasteiger charge is -2.21. The molecule has 12 heteroatoms. The lowest BCUT2D eigenvalue weighted by molar-refractivity contribution is -0.155. The molecular formula is C20H23F6NO5. The van der Waals surface area contributed by atoms with Gasteiger partial charge < -0.3 is 14.8 Å². The van der Waals surface area contributed by atoms with Crippen molar-refractivity contribution in [3.8, 4) is 0 Å². The number of hydrogen-bond acceptors (Lipinski definition) is 5. The van der Waals surface area contributed by atoms with E-state index in [2.05, 4.69) is 10.1 Å². The van der Waals surface area contributed by atoms with Gasteiger partial charge in [0.2, 0.25) is 5.91 Å². The maximum Gasteiger partial charge on any atom is 0.416 e. The van der Waals surface area contributed by atoms with Crippen LogP contribution in [0, 0.1) is 0 Å². The fourth-order valence-corrected chi connectivity index (χ4v) is 2.60. The smallest absolute Gasteiger partial charge is 0.416 e. The van der Waals surface area contributed by atoms with Crippen LogP contribution in [0.4, 0.5) is 26.3 Å². The number of carbonyl (C=O) groups is 3. The molecule has 0 fully saturated rings. The van der Waals surface area contributed by atoms with E-state index >= 15 is 0 Å². The van der Waals surface area contributed by atoms with Gasteiger partial charge in [0.25, 0.3) is 0 Å². The van der Waals surface area contributed by atoms with Crippen LogP contribution in [0.1, 0.15) is 50.3 Å². The van der Waals surface area contributed by atoms with E-state index in [-0.39, 0.29) is 18.9 Å². The SMILES string of the molecule is COC(=O)[C@H](CCC(=O)OC(C)(C)C)NC(=O)Cc1cc(C(F)(F)F)cc(C(F)(F)F)c1. The van der Waals surface area contributed by atoms with Gasteiger partial charge in [0.05, 0.1) is 24.7 Å². The summed E-state index contributed by atoms with van der Waals surface area (Å²) in [5.41, 5.74) is -4.48. The van der Waals surface area contributed by atoms with Crippen LogP contribution in [0.3, 0.4) is 0 Å². The Morgan fingerprint density at radius 3 is 1.84 bits per heavy atom. The number of halogens is 6. The zero-order chi connectivity index (χ0) is 24.9. The second-order valence-electron chi connectivity index (χ2n) is 7.86. The first-order valence-electron chi connectivity index (χ1n) is 9.30. The number of methoxy groups -OCH3 is 1. The zero-order valence-electron chi connectivity index (χ0n) is 17.7. The second kappa shape index (κ2) is 10.2. The van der Waals surface area contributed by atoms with Crippen molar-refractivity contribution in [3.63, 3.8) is 0 Å². The van der Waals surface area contributed by atoms with Gasteiger partial charge in [-0.25, -0.2) is 4.79 Å². The van der Waals surface area contributed by atoms with Crippen molar-refractivity contribution in [2.75, 3.05) is 7.11 Å². The largest absolute Gasteiger partial charge is 0.467 e. The Bertz CT molecular complexity index is 810. The number of esters is 2. The van der Waals surface area contributed by atoms with E-state index in [1.807, 2.05) is 0 Å². The van der Waals surface area contributed by atoms with Crippen molar-refractivity contribution in [3.05, 3.63) is 34.9 Å². The molecule has 0 saturated carbocycles. The number of amides is 1. The first kappa shape index (κ1) is 27.2. The number of carbonyl (C=O) groups excluding carboxylic acids is 3. The van der Waals surface area contributed by atoms with Gasteiger partial charge in [-0.1, -0.05) is 0 Å². The lowest BCUT2D eigenvalue weighted by Crippen LogP contribution is -2.42. The molecule has 6 nitrogen and oxygen atoms in total. The molecule has 0 aliphatic heterocycles. The van der Waals surface area contributed by atoms with Gasteiger partial charge in [-0.05, 0) is 51.0 Å². The van der Waals surface area contributed by atoms with Gasteiger partial charge in [0.1, 0.15) is 11.6 Å². The standard InChI is InChI=1S/C20H23F6NO5/c1-18(2,3)32-16(29)6-5-14(17(30)31-4)27-15(28)9-11-7-12(19(21,22)23)10-13(8-11)20(24,25)26/h7-8,10,14H,5-6,9H2,1-4H3,(H,27,28)/t14-/m0/s1. The summed E-state index contributed by atoms with van der Waals surface area (Å²) in [6, 6.07) is -0.571. The molecule has 32 heavy (non-hydrogen) atoms. The minimum atomic E-state index is -5.06. The van der Waals surface area contributed by atoms with Crippen molar-refractivity contribution in [1.82, 2.24) is 5.32 Å². The second-order valence-corrected chi connectivity index (χ2v) is 7.86. The third-order valence-electron chi connectivity index (χ3n) is 3.89. The third-order valence-corrected chi connectivity index (χ3v) is 3.89. The van der Waals surface area contributed by atoms with Crippen LogP contribution in [0.25, 0.3) is 0 Å². The van der Waals surface area contributed by atoms with Crippen LogP contribution >= 0.6 is 0 Å². The Morgan fingerprint density at radius 2 is 1.44 bits per heavy atom. The highest BCUT2D eigenvalue weighted by atomic mass is 19.4. The molecule has 0 heterocycles. The molecule has 0 aliphatic carbocycles. The topological polar surface area (TPSA) is 81.7 Å². The monoisotopic (exact) mass is 471 g/mol. The predicted octanol–water partition coefficient (Wildman–Crippen LogP) is 4.05. The van der Waals surface area contributed by atoms with Crippen molar-refractivity contribution >= 4 is 17.8 Å². The van der Waals surface area contributed by atoms with Crippen molar-refractivity contribution in [1.29, 1.82) is 0 Å². The van der Waals surface area contributed by atoms with Crippen LogP contribution in [0.5, 0.6) is 0 Å². The molecule has 1 amide bonds. The summed E-state index contributed by atoms with van der Waals surface area (Å²) in [5, 5.41) is 2.17. The summed E-state index contributed by atoms with van der Waals surface area (Å²) < 4.78 is 87.3. The van der Waals surface area contributed by atoms with E-state index in [1.54, 1.807) is 20.8 Å². The highest BCUT2D eigenvalue weighted by Crippen LogP contribution is 2.36. The molecule has 1 atom stereocenters. The van der Waals surface area contributed by atoms with Crippen molar-refractivity contribution in [2.24, 2.45) is 0 Å². The lowest BCUT2D eigenvalue weighted by atomic mass is 10.0. The molecule has 1 N–H and O–H groups in total. The van der Waals surface area contributed by atoms with Gasteiger partial charge in [-0.15, -0.1) is 0 Å². The van der Waals surface area contributed by atoms with E-state index < -0.39 is 65.0 Å². The summed E-state index contributed by atoms with van der Waals surface area (Å²) in [6.45, 7) is 4.86. The molecule has 180 valence electrons. The molecule has 1 aromatic carbocycles. The number of alkyl halides is 6. The van der Waals surface area contributed by atoms with E-state index in [0.29, 0.717) is 12.1 Å². The van der Waals surface area contributed by atoms with E-state index in [1.165, 1.54) is 0 Å². The van der Waals surface area contributed by atoms with Crippen LogP contribution in [-0.4, -0.2) is 36.6 Å². The fraction of sp³-hybridized carbons (Fsp3) is 0.550. The molecule has 0 radical (unpaired) electrons. The van der Waals surface area contributed by atoms with Crippen LogP contribution in [0.15, 0.2) is 18.2 Å². The molecule has 0 saturated heterocycles. The van der Waals surface area contributed by atoms with Gasteiger partial charge in [-0.2, -0.15) is 26.3 Å². The molecular weight excluding hydrogens is 448 g/mol. The number of hydrogen-bond donors (Lipinski definition) is 1. The molecule has 0 aliphatic rings. The number of benzene rings is 1. The van der Waals surface area contributed by atoms with Crippen LogP contribution in [-0.2, 0) is 42.6 Å². The Morgan fingerprint density at radius 1 is 0.938 bits per heavy atom. The van der Waals surface area contributed by atoms with E-state index in [9.17, 15) is 40.7 Å². The Kier molecular flexibility index (Phi) is 8.70. The highest BCUT2D eigenvalue weighted by molar-refractivity contribution is 5.86. The maximum absolute atomic E-state index is 13.0. The Labute approximate surface area is 180 Å². The summed E-state index contributed by atoms with van der Waals surface area (Å²) in [4.78, 5) is 35.9. The Hall–Kier alpha value is -2.79. The minimum Gasteiger partial charge on any atom is -0.467 e. The molecule has 0 unspecified atom stereocenters. The van der Waals surface area contributed by atoms with E-state index in [4.69, 9.17) is 4.74 Å². The van der Waals surface area contributed by atoms with E-state index in [0.717, 1.165) is 7.11 Å². The minimum absolute atomic E-state index is 0.0561. The van der Waals surface area contributed by atoms with Gasteiger partial charge in [0.15, 0.2) is 0 Å². The van der Waals surface area contributed by atoms with Crippen LogP contribution < -0.4 is 5.32 Å². The van der Waals surface area contributed by atoms with Gasteiger partial charge >= 0.3 is 24.3 Å². The summed E-state index contributed by atoms with van der Waals surface area (Å²) in [7, 11) is 1.01. The molecule has 1 rings (SSSR count). The van der Waals surface area contributed by atoms with Gasteiger partial charge in [0, 0.05) is 6.42 Å². The quantitative estimate of drug-likeness (QED) is 0.480. The predicted molar refractivity (Wildman–Crippen MR) is 99.2 cm³/mol. The van der Waals surface area contributed by atoms with Crippen molar-refractivity contribution < 1.29 is 50.2 Å². The van der Waals surface area contributed by atoms with Crippen molar-refractivity contribution in [2.45, 2.75) is 64.0 Å². The molecule has 1 aromatic rings. The normalized spacial score (nSPS) is 13.3. The Balaban J connectivity index is 2.98. The molecule has 0 bridgehead atoms. The number of rotatable bonds is 7. The first-order chi connectivity index (χ1) is 14.4.